The summed E-state index contributed by atoms with van der Waals surface area (Å²) in [5, 5.41) is 83.9. The zero-order chi connectivity index (χ0) is 58.0. The maximum atomic E-state index is 14.6. The first kappa shape index (κ1) is 66.9. The Morgan fingerprint density at radius 3 is 2.18 bits per heavy atom. The van der Waals surface area contributed by atoms with E-state index in [0.717, 1.165) is 11.3 Å². The highest BCUT2D eigenvalue weighted by Gasteiger charge is 2.53. The molecule has 3 heterocycles. The van der Waals surface area contributed by atoms with Crippen LogP contribution in [0.1, 0.15) is 126 Å². The first-order valence-electron chi connectivity index (χ1n) is 28.1. The number of carbonyl (C=O) groups excluding carboxylic acids is 5. The first-order chi connectivity index (χ1) is 36.9. The van der Waals surface area contributed by atoms with E-state index in [9.17, 15) is 64.8 Å². The standard InChI is InChI=1S/C58H93NO19/c1-33-15-11-10-12-16-34(2)47(76-32-45(64)53(68)52(67)44(63)31-61)29-41-20-18-39(7)58(72,78-41)55(69)56(70)59-22-14-13-17-42(59)57(71)77-48(36(4)27-40-19-21-46(75-24-23-60)49(28-40)73-8)30-43(62)35(3)26-38(6)51(66)54(74-9)50(65)37(5)25-33/h10-12,15-16,26,33,35-37,39-42,44-49,51-54,60-61,63-64,66-68,72H,13-14,17-25,27-32H2,1-9H3/b12-10+,15-11+,34-16+,38-26+/t33-,35-,36-,37-,39-,40+,41+,42+,44?,45?,46-,47?,48+,49-,51-,52?,53?,54+,58-/m1/s1. The number of fused-ring (bicyclic) bond motifs is 3. The van der Waals surface area contributed by atoms with Gasteiger partial charge in [-0.1, -0.05) is 71.1 Å². The van der Waals surface area contributed by atoms with Crippen LogP contribution in [0.15, 0.2) is 47.6 Å². The van der Waals surface area contributed by atoms with Crippen LogP contribution in [0, 0.1) is 35.5 Å². The molecule has 4 rings (SSSR count). The number of aliphatic hydroxyl groups excluding tert-OH is 7. The molecule has 0 aromatic rings. The molecule has 0 spiro atoms. The van der Waals surface area contributed by atoms with Crippen molar-refractivity contribution in [2.24, 2.45) is 35.5 Å². The number of nitrogens with zero attached hydrogens (tertiary/aromatic N) is 1. The Bertz CT molecular complexity index is 2060. The van der Waals surface area contributed by atoms with E-state index in [1.807, 2.05) is 19.9 Å². The van der Waals surface area contributed by atoms with Crippen molar-refractivity contribution < 1.29 is 93.2 Å². The number of methoxy groups -OCH3 is 2. The van der Waals surface area contributed by atoms with Crippen molar-refractivity contribution in [1.82, 2.24) is 4.90 Å². The highest BCUT2D eigenvalue weighted by Crippen LogP contribution is 2.38. The van der Waals surface area contributed by atoms with Crippen LogP contribution in [-0.2, 0) is 52.4 Å². The third kappa shape index (κ3) is 18.5. The largest absolute Gasteiger partial charge is 0.460 e. The molecular weight excluding hydrogens is 1010 g/mol. The Morgan fingerprint density at radius 1 is 0.808 bits per heavy atom. The minimum atomic E-state index is -2.64. The smallest absolute Gasteiger partial charge is 0.329 e. The number of rotatable bonds is 15. The van der Waals surface area contributed by atoms with E-state index in [1.165, 1.54) is 7.11 Å². The summed E-state index contributed by atoms with van der Waals surface area (Å²) >= 11 is 0. The number of piperidine rings is 1. The molecule has 1 aliphatic carbocycles. The highest BCUT2D eigenvalue weighted by atomic mass is 16.6. The van der Waals surface area contributed by atoms with Crippen molar-refractivity contribution in [2.75, 3.05) is 47.2 Å². The molecule has 5 unspecified atom stereocenters. The Hall–Kier alpha value is -3.61. The van der Waals surface area contributed by atoms with Crippen molar-refractivity contribution >= 4 is 29.2 Å². The molecule has 19 atom stereocenters. The monoisotopic (exact) mass is 1110 g/mol. The number of Topliss-reactive ketones (excluding diaryl/α,β-unsaturated/α-hetero) is 3. The third-order valence-corrected chi connectivity index (χ3v) is 16.4. The molecule has 0 aromatic heterocycles. The minimum absolute atomic E-state index is 0.00963. The molecular formula is C58H93NO19. The maximum absolute atomic E-state index is 14.6. The molecule has 2 saturated heterocycles. The van der Waals surface area contributed by atoms with Gasteiger partial charge in [0, 0.05) is 51.4 Å². The number of ketones is 3. The first-order valence-corrected chi connectivity index (χ1v) is 28.1. The lowest BCUT2D eigenvalue weighted by atomic mass is 9.78. The van der Waals surface area contributed by atoms with Gasteiger partial charge < -0.3 is 74.2 Å². The van der Waals surface area contributed by atoms with Gasteiger partial charge in [-0.15, -0.1) is 0 Å². The second kappa shape index (κ2) is 32.1. The van der Waals surface area contributed by atoms with Crippen LogP contribution in [0.5, 0.6) is 0 Å². The fraction of sp³-hybridized carbons (Fsp3) is 0.776. The molecule has 1 saturated carbocycles. The van der Waals surface area contributed by atoms with E-state index >= 15 is 0 Å². The quantitative estimate of drug-likeness (QED) is 0.0664. The predicted molar refractivity (Wildman–Crippen MR) is 286 cm³/mol. The zero-order valence-corrected chi connectivity index (χ0v) is 47.4. The lowest BCUT2D eigenvalue weighted by Gasteiger charge is -2.43. The molecule has 8 N–H and O–H groups in total. The van der Waals surface area contributed by atoms with E-state index in [2.05, 4.69) is 0 Å². The molecule has 1 amide bonds. The lowest BCUT2D eigenvalue weighted by Crippen LogP contribution is -2.61. The summed E-state index contributed by atoms with van der Waals surface area (Å²) in [5.41, 5.74) is 0.910. The summed E-state index contributed by atoms with van der Waals surface area (Å²) in [5.74, 6) is -9.15. The number of ether oxygens (including phenoxy) is 6. The summed E-state index contributed by atoms with van der Waals surface area (Å²) < 4.78 is 35.9. The van der Waals surface area contributed by atoms with Crippen molar-refractivity contribution in [1.29, 1.82) is 0 Å². The van der Waals surface area contributed by atoms with Crippen molar-refractivity contribution in [2.45, 2.75) is 204 Å². The van der Waals surface area contributed by atoms with Crippen LogP contribution < -0.4 is 0 Å². The predicted octanol–water partition coefficient (Wildman–Crippen LogP) is 3.00. The van der Waals surface area contributed by atoms with E-state index < -0.39 is 121 Å². The summed E-state index contributed by atoms with van der Waals surface area (Å²) in [4.78, 5) is 72.8. The number of allylic oxidation sites excluding steroid dienone is 6. The topological polar surface area (TPSA) is 306 Å². The molecule has 20 nitrogen and oxygen atoms in total. The summed E-state index contributed by atoms with van der Waals surface area (Å²) in [6, 6.07) is -1.25. The van der Waals surface area contributed by atoms with Gasteiger partial charge in [0.15, 0.2) is 5.78 Å². The summed E-state index contributed by atoms with van der Waals surface area (Å²) in [7, 11) is 2.94. The third-order valence-electron chi connectivity index (χ3n) is 16.4. The van der Waals surface area contributed by atoms with Crippen molar-refractivity contribution in [3.8, 4) is 0 Å². The van der Waals surface area contributed by atoms with Crippen LogP contribution in [0.4, 0.5) is 0 Å². The van der Waals surface area contributed by atoms with Gasteiger partial charge in [-0.05, 0) is 107 Å². The van der Waals surface area contributed by atoms with Gasteiger partial charge in [-0.3, -0.25) is 19.2 Å². The molecule has 3 fully saturated rings. The Morgan fingerprint density at radius 2 is 1.51 bits per heavy atom. The molecule has 2 bridgehead atoms. The molecule has 4 aliphatic rings. The fourth-order valence-electron chi connectivity index (χ4n) is 11.3. The Kier molecular flexibility index (Phi) is 27.6. The zero-order valence-electron chi connectivity index (χ0n) is 47.4. The van der Waals surface area contributed by atoms with Crippen LogP contribution in [0.3, 0.4) is 0 Å². The van der Waals surface area contributed by atoms with E-state index in [-0.39, 0.29) is 81.1 Å². The van der Waals surface area contributed by atoms with Gasteiger partial charge in [0.25, 0.3) is 11.7 Å². The van der Waals surface area contributed by atoms with Gasteiger partial charge >= 0.3 is 5.97 Å². The van der Waals surface area contributed by atoms with Crippen molar-refractivity contribution in [3.05, 3.63) is 47.6 Å². The van der Waals surface area contributed by atoms with Crippen LogP contribution in [0.2, 0.25) is 0 Å². The average Bonchev–Trinajstić information content (AvgIpc) is 3.44. The van der Waals surface area contributed by atoms with Gasteiger partial charge in [-0.2, -0.15) is 0 Å². The molecule has 3 aliphatic heterocycles. The molecule has 0 radical (unpaired) electrons. The normalized spacial score (nSPS) is 37.4. The molecule has 20 heteroatoms. The van der Waals surface area contributed by atoms with Gasteiger partial charge in [0.05, 0.1) is 50.8 Å². The number of hydrogen-bond acceptors (Lipinski definition) is 19. The van der Waals surface area contributed by atoms with Crippen molar-refractivity contribution in [3.63, 3.8) is 0 Å². The van der Waals surface area contributed by atoms with Gasteiger partial charge in [-0.25, -0.2) is 4.79 Å². The number of cyclic esters (lactones) is 1. The maximum Gasteiger partial charge on any atom is 0.329 e. The average molecular weight is 1110 g/mol. The number of amides is 1. The van der Waals surface area contributed by atoms with Gasteiger partial charge in [0.1, 0.15) is 54.6 Å². The van der Waals surface area contributed by atoms with Crippen LogP contribution in [0.25, 0.3) is 0 Å². The number of carbonyl (C=O) groups is 5. The summed E-state index contributed by atoms with van der Waals surface area (Å²) in [6.07, 6.45) is 1.60. The lowest BCUT2D eigenvalue weighted by molar-refractivity contribution is -0.266. The summed E-state index contributed by atoms with van der Waals surface area (Å²) in [6.45, 7) is 10.8. The second-order valence-corrected chi connectivity index (χ2v) is 22.6. The van der Waals surface area contributed by atoms with Gasteiger partial charge in [0.2, 0.25) is 5.79 Å². The van der Waals surface area contributed by atoms with Crippen LogP contribution >= 0.6 is 0 Å². The van der Waals surface area contributed by atoms with E-state index in [1.54, 1.807) is 72.1 Å². The molecule has 78 heavy (non-hydrogen) atoms. The number of esters is 1. The number of aliphatic hydroxyl groups is 8. The van der Waals surface area contributed by atoms with Crippen LogP contribution in [-0.4, -0.2) is 201 Å². The second-order valence-electron chi connectivity index (χ2n) is 22.6. The minimum Gasteiger partial charge on any atom is -0.460 e. The SMILES string of the molecule is CO[C@@H]1C[C@H](C[C@@H](C)[C@@H]2CC(=O)[C@H](C)/C=C(\C)[C@@H](O)[C@@H](OC)C(=O)[C@H](C)C[C@H](C)/C=C/C=C/C=C(\C)C(OCC(O)C(O)C(O)C(O)CO)C[C@@H]3CC[C@@H](C)[C@@](O)(O3)C(=O)C(=O)N3CCCC[C@H]3C(=O)O2)CC[C@H]1OCCO. The fourth-order valence-corrected chi connectivity index (χ4v) is 11.3. The van der Waals surface area contributed by atoms with E-state index in [0.29, 0.717) is 56.1 Å². The highest BCUT2D eigenvalue weighted by molar-refractivity contribution is 6.39. The molecule has 444 valence electrons. The van der Waals surface area contributed by atoms with E-state index in [4.69, 9.17) is 28.4 Å². The Balaban J connectivity index is 1.73. The Labute approximate surface area is 460 Å². The molecule has 0 aromatic carbocycles. The number of hydrogen-bond donors (Lipinski definition) is 8.